The summed E-state index contributed by atoms with van der Waals surface area (Å²) in [5.41, 5.74) is 6.84. The molecule has 4 heteroatoms. The molecule has 0 radical (unpaired) electrons. The molecule has 0 fully saturated rings. The van der Waals surface area contributed by atoms with Crippen molar-refractivity contribution in [3.63, 3.8) is 0 Å². The standard InChI is InChI=1S/C34H28FN2O/c1-20-10-14-25-26-15-13-24(18-36)31(23-12-11-21-8-6-7-9-22(21)16-23)33(26)38-32(25)30(20)29-17-27(34(2,3)4)28(35)19-37(29)5/h6-17,19H,1-5H3/q+1. The molecule has 0 amide bonds. The molecule has 6 rings (SSSR count). The lowest BCUT2D eigenvalue weighted by molar-refractivity contribution is -0.662. The molecule has 0 aliphatic rings. The molecular weight excluding hydrogens is 471 g/mol. The van der Waals surface area contributed by atoms with E-state index in [1.54, 1.807) is 6.20 Å². The number of pyridine rings is 1. The van der Waals surface area contributed by atoms with Gasteiger partial charge in [0.1, 0.15) is 18.2 Å². The molecule has 2 aromatic heterocycles. The average Bonchev–Trinajstić information content (AvgIpc) is 3.26. The van der Waals surface area contributed by atoms with Gasteiger partial charge >= 0.3 is 0 Å². The van der Waals surface area contributed by atoms with Gasteiger partial charge in [0.25, 0.3) is 0 Å². The molecule has 0 aliphatic heterocycles. The van der Waals surface area contributed by atoms with Crippen LogP contribution < -0.4 is 4.57 Å². The van der Waals surface area contributed by atoms with Gasteiger partial charge in [-0.2, -0.15) is 9.83 Å². The molecule has 0 aliphatic carbocycles. The van der Waals surface area contributed by atoms with Crippen LogP contribution in [0.2, 0.25) is 0 Å². The zero-order valence-corrected chi connectivity index (χ0v) is 22.2. The molecule has 38 heavy (non-hydrogen) atoms. The summed E-state index contributed by atoms with van der Waals surface area (Å²) < 4.78 is 23.5. The summed E-state index contributed by atoms with van der Waals surface area (Å²) in [6, 6.07) is 26.7. The van der Waals surface area contributed by atoms with Gasteiger partial charge in [0.2, 0.25) is 11.9 Å². The molecule has 4 aromatic carbocycles. The van der Waals surface area contributed by atoms with Crippen LogP contribution in [0.4, 0.5) is 4.39 Å². The second-order valence-corrected chi connectivity index (χ2v) is 11.1. The largest absolute Gasteiger partial charge is 0.454 e. The highest BCUT2D eigenvalue weighted by molar-refractivity contribution is 6.14. The Hall–Kier alpha value is -4.49. The Bertz CT molecular complexity index is 1950. The molecule has 0 N–H and O–H groups in total. The number of hydrogen-bond donors (Lipinski definition) is 0. The van der Waals surface area contributed by atoms with Crippen LogP contribution in [-0.4, -0.2) is 0 Å². The van der Waals surface area contributed by atoms with Crippen molar-refractivity contribution in [2.45, 2.75) is 33.1 Å². The van der Waals surface area contributed by atoms with E-state index in [0.29, 0.717) is 16.7 Å². The smallest absolute Gasteiger partial charge is 0.216 e. The first-order valence-corrected chi connectivity index (χ1v) is 12.8. The van der Waals surface area contributed by atoms with Gasteiger partial charge < -0.3 is 4.42 Å². The van der Waals surface area contributed by atoms with Crippen molar-refractivity contribution in [3.05, 3.63) is 102 Å². The van der Waals surface area contributed by atoms with Gasteiger partial charge in [0, 0.05) is 28.0 Å². The number of halogens is 1. The van der Waals surface area contributed by atoms with E-state index in [4.69, 9.17) is 4.42 Å². The number of benzene rings is 4. The molecule has 2 heterocycles. The van der Waals surface area contributed by atoms with Crippen LogP contribution in [-0.2, 0) is 12.5 Å². The average molecular weight is 500 g/mol. The molecule has 6 aromatic rings. The zero-order valence-electron chi connectivity index (χ0n) is 22.2. The van der Waals surface area contributed by atoms with Crippen LogP contribution in [0, 0.1) is 24.1 Å². The van der Waals surface area contributed by atoms with Crippen molar-refractivity contribution in [2.75, 3.05) is 0 Å². The summed E-state index contributed by atoms with van der Waals surface area (Å²) in [7, 11) is 1.86. The summed E-state index contributed by atoms with van der Waals surface area (Å²) in [6.07, 6.45) is 1.55. The number of aromatic nitrogens is 1. The van der Waals surface area contributed by atoms with E-state index in [1.807, 2.05) is 75.7 Å². The highest BCUT2D eigenvalue weighted by Gasteiger charge is 2.28. The zero-order chi connectivity index (χ0) is 26.8. The Labute approximate surface area is 221 Å². The minimum Gasteiger partial charge on any atom is -0.454 e. The van der Waals surface area contributed by atoms with Crippen LogP contribution in [0.3, 0.4) is 0 Å². The Morgan fingerprint density at radius 3 is 2.24 bits per heavy atom. The Kier molecular flexibility index (Phi) is 5.36. The fraction of sp³-hybridized carbons (Fsp3) is 0.176. The predicted octanol–water partition coefficient (Wildman–Crippen LogP) is 8.51. The van der Waals surface area contributed by atoms with Crippen molar-refractivity contribution in [2.24, 2.45) is 7.05 Å². The van der Waals surface area contributed by atoms with Crippen LogP contribution >= 0.6 is 0 Å². The van der Waals surface area contributed by atoms with E-state index >= 15 is 0 Å². The van der Waals surface area contributed by atoms with E-state index < -0.39 is 0 Å². The highest BCUT2D eigenvalue weighted by Crippen LogP contribution is 2.42. The van der Waals surface area contributed by atoms with Crippen LogP contribution in [0.15, 0.2) is 83.4 Å². The van der Waals surface area contributed by atoms with Crippen LogP contribution in [0.1, 0.15) is 37.5 Å². The molecule has 0 bridgehead atoms. The van der Waals surface area contributed by atoms with Crippen molar-refractivity contribution in [1.82, 2.24) is 0 Å². The molecular formula is C34H28FN2O+. The summed E-state index contributed by atoms with van der Waals surface area (Å²) in [5.74, 6) is -0.226. The number of nitriles is 1. The summed E-state index contributed by atoms with van der Waals surface area (Å²) in [4.78, 5) is 0. The third-order valence-corrected chi connectivity index (χ3v) is 7.47. The minimum absolute atomic E-state index is 0.226. The number of rotatable bonds is 2. The Morgan fingerprint density at radius 1 is 0.842 bits per heavy atom. The first kappa shape index (κ1) is 23.9. The normalized spacial score (nSPS) is 11.9. The third kappa shape index (κ3) is 3.66. The Morgan fingerprint density at radius 2 is 1.53 bits per heavy atom. The van der Waals surface area contributed by atoms with E-state index in [1.165, 1.54) is 0 Å². The van der Waals surface area contributed by atoms with Crippen molar-refractivity contribution < 1.29 is 13.4 Å². The molecule has 0 unspecified atom stereocenters. The topological polar surface area (TPSA) is 40.8 Å². The lowest BCUT2D eigenvalue weighted by Crippen LogP contribution is -2.33. The number of furan rings is 1. The Balaban J connectivity index is 1.69. The SMILES string of the molecule is Cc1ccc2c(oc3c(-c4ccc5ccccc5c4)c(C#N)ccc32)c1-c1cc(C(C)(C)C)c(F)c[n+]1C. The maximum Gasteiger partial charge on any atom is 0.216 e. The predicted molar refractivity (Wildman–Crippen MR) is 151 cm³/mol. The van der Waals surface area contributed by atoms with Crippen LogP contribution in [0.5, 0.6) is 0 Å². The van der Waals surface area contributed by atoms with Gasteiger partial charge in [-0.05, 0) is 52.4 Å². The fourth-order valence-corrected chi connectivity index (χ4v) is 5.48. The van der Waals surface area contributed by atoms with E-state index in [9.17, 15) is 9.65 Å². The first-order valence-electron chi connectivity index (χ1n) is 12.8. The maximum atomic E-state index is 15.0. The van der Waals surface area contributed by atoms with Gasteiger partial charge in [-0.1, -0.05) is 69.3 Å². The monoisotopic (exact) mass is 499 g/mol. The molecule has 0 saturated heterocycles. The summed E-state index contributed by atoms with van der Waals surface area (Å²) in [5, 5.41) is 14.2. The van der Waals surface area contributed by atoms with E-state index in [2.05, 4.69) is 42.5 Å². The van der Waals surface area contributed by atoms with Gasteiger partial charge in [-0.25, -0.2) is 4.39 Å². The van der Waals surface area contributed by atoms with Crippen molar-refractivity contribution in [3.8, 4) is 28.5 Å². The molecule has 3 nitrogen and oxygen atoms in total. The number of fused-ring (bicyclic) bond motifs is 4. The lowest BCUT2D eigenvalue weighted by Gasteiger charge is -2.19. The molecule has 186 valence electrons. The van der Waals surface area contributed by atoms with E-state index in [0.717, 1.165) is 55.1 Å². The molecule has 0 saturated carbocycles. The van der Waals surface area contributed by atoms with Crippen LogP contribution in [0.25, 0.3) is 55.1 Å². The maximum absolute atomic E-state index is 15.0. The van der Waals surface area contributed by atoms with E-state index in [-0.39, 0.29) is 11.2 Å². The fourth-order valence-electron chi connectivity index (χ4n) is 5.48. The minimum atomic E-state index is -0.353. The summed E-state index contributed by atoms with van der Waals surface area (Å²) >= 11 is 0. The van der Waals surface area contributed by atoms with Gasteiger partial charge in [0.05, 0.1) is 17.2 Å². The third-order valence-electron chi connectivity index (χ3n) is 7.47. The van der Waals surface area contributed by atoms with Crippen molar-refractivity contribution >= 4 is 32.7 Å². The van der Waals surface area contributed by atoms with Crippen molar-refractivity contribution in [1.29, 1.82) is 5.26 Å². The first-order chi connectivity index (χ1) is 18.2. The molecule has 0 atom stereocenters. The summed E-state index contributed by atoms with van der Waals surface area (Å²) in [6.45, 7) is 8.10. The lowest BCUT2D eigenvalue weighted by atomic mass is 9.86. The second kappa shape index (κ2) is 8.53. The van der Waals surface area contributed by atoms with Gasteiger partial charge in [0.15, 0.2) is 5.82 Å². The number of nitrogens with zero attached hydrogens (tertiary/aromatic N) is 2. The second-order valence-electron chi connectivity index (χ2n) is 11.1. The number of aryl methyl sites for hydroxylation is 2. The number of hydrogen-bond acceptors (Lipinski definition) is 2. The van der Waals surface area contributed by atoms with Gasteiger partial charge in [-0.15, -0.1) is 0 Å². The molecule has 0 spiro atoms. The van der Waals surface area contributed by atoms with Gasteiger partial charge in [-0.3, -0.25) is 0 Å². The quantitative estimate of drug-likeness (QED) is 0.224. The highest BCUT2D eigenvalue weighted by atomic mass is 19.1.